The highest BCUT2D eigenvalue weighted by molar-refractivity contribution is 5.69. The van der Waals surface area contributed by atoms with E-state index in [4.69, 9.17) is 5.26 Å². The molecular weight excluding hydrogens is 277 g/mol. The van der Waals surface area contributed by atoms with E-state index in [0.29, 0.717) is 11.1 Å². The summed E-state index contributed by atoms with van der Waals surface area (Å²) in [5.41, 5.74) is 3.02. The molecule has 1 aromatic heterocycles. The number of aryl methyl sites for hydroxylation is 2. The van der Waals surface area contributed by atoms with Crippen molar-refractivity contribution >= 4 is 0 Å². The predicted octanol–water partition coefficient (Wildman–Crippen LogP) is 3.80. The Kier molecular flexibility index (Phi) is 3.97. The van der Waals surface area contributed by atoms with Gasteiger partial charge in [-0.3, -0.25) is 4.68 Å². The third-order valence-electron chi connectivity index (χ3n) is 3.52. The van der Waals surface area contributed by atoms with Crippen LogP contribution in [0.25, 0.3) is 11.1 Å². The van der Waals surface area contributed by atoms with E-state index in [1.807, 2.05) is 29.1 Å². The van der Waals surface area contributed by atoms with Crippen LogP contribution in [-0.4, -0.2) is 9.78 Å². The Hall–Kier alpha value is -2.93. The van der Waals surface area contributed by atoms with Crippen molar-refractivity contribution in [3.63, 3.8) is 0 Å². The normalized spacial score (nSPS) is 10.4. The lowest BCUT2D eigenvalue weighted by atomic mass is 10.0. The molecule has 22 heavy (non-hydrogen) atoms. The first-order valence-corrected chi connectivity index (χ1v) is 7.02. The van der Waals surface area contributed by atoms with E-state index in [0.717, 1.165) is 18.5 Å². The lowest BCUT2D eigenvalue weighted by Gasteiger charge is -2.02. The zero-order valence-corrected chi connectivity index (χ0v) is 11.9. The van der Waals surface area contributed by atoms with Crippen LogP contribution in [0.4, 0.5) is 4.39 Å². The van der Waals surface area contributed by atoms with Crippen molar-refractivity contribution in [1.82, 2.24) is 9.78 Å². The quantitative estimate of drug-likeness (QED) is 0.733. The van der Waals surface area contributed by atoms with E-state index >= 15 is 0 Å². The molecular formula is C18H14FN3. The molecule has 0 aliphatic rings. The van der Waals surface area contributed by atoms with Crippen LogP contribution in [0.3, 0.4) is 0 Å². The summed E-state index contributed by atoms with van der Waals surface area (Å²) >= 11 is 0. The second-order valence-electron chi connectivity index (χ2n) is 5.03. The first-order chi connectivity index (χ1) is 10.8. The maximum Gasteiger partial charge on any atom is 0.123 e. The van der Waals surface area contributed by atoms with Gasteiger partial charge in [0, 0.05) is 23.9 Å². The predicted molar refractivity (Wildman–Crippen MR) is 82.5 cm³/mol. The molecule has 0 radical (unpaired) electrons. The standard InChI is InChI=1S/C18H14FN3/c19-17-7-6-15(11-20)18(10-17)16-12-21-22(13-16)9-8-14-4-2-1-3-5-14/h1-7,10,12-13H,8-9H2. The van der Waals surface area contributed by atoms with Gasteiger partial charge in [-0.15, -0.1) is 0 Å². The number of hydrogen-bond donors (Lipinski definition) is 0. The van der Waals surface area contributed by atoms with Crippen molar-refractivity contribution in [2.24, 2.45) is 0 Å². The maximum atomic E-state index is 13.4. The molecule has 0 aliphatic heterocycles. The summed E-state index contributed by atoms with van der Waals surface area (Å²) in [6.07, 6.45) is 4.38. The highest BCUT2D eigenvalue weighted by Gasteiger charge is 2.09. The van der Waals surface area contributed by atoms with E-state index in [2.05, 4.69) is 23.3 Å². The van der Waals surface area contributed by atoms with Crippen LogP contribution in [0.15, 0.2) is 60.9 Å². The molecule has 108 valence electrons. The minimum atomic E-state index is -0.356. The largest absolute Gasteiger partial charge is 0.272 e. The topological polar surface area (TPSA) is 41.6 Å². The van der Waals surface area contributed by atoms with Crippen molar-refractivity contribution in [3.05, 3.63) is 77.9 Å². The molecule has 3 rings (SSSR count). The summed E-state index contributed by atoms with van der Waals surface area (Å²) in [4.78, 5) is 0. The fraction of sp³-hybridized carbons (Fsp3) is 0.111. The highest BCUT2D eigenvalue weighted by atomic mass is 19.1. The minimum absolute atomic E-state index is 0.356. The fourth-order valence-electron chi connectivity index (χ4n) is 2.37. The van der Waals surface area contributed by atoms with Gasteiger partial charge in [-0.1, -0.05) is 30.3 Å². The number of nitrogens with zero attached hydrogens (tertiary/aromatic N) is 3. The lowest BCUT2D eigenvalue weighted by molar-refractivity contribution is 0.615. The molecule has 2 aromatic carbocycles. The molecule has 0 atom stereocenters. The number of benzene rings is 2. The van der Waals surface area contributed by atoms with Gasteiger partial charge in [0.2, 0.25) is 0 Å². The van der Waals surface area contributed by atoms with Gasteiger partial charge in [-0.25, -0.2) is 4.39 Å². The minimum Gasteiger partial charge on any atom is -0.272 e. The van der Waals surface area contributed by atoms with Crippen molar-refractivity contribution < 1.29 is 4.39 Å². The second kappa shape index (κ2) is 6.23. The Morgan fingerprint density at radius 2 is 1.95 bits per heavy atom. The molecule has 3 nitrogen and oxygen atoms in total. The van der Waals surface area contributed by atoms with E-state index in [-0.39, 0.29) is 5.82 Å². The zero-order valence-electron chi connectivity index (χ0n) is 11.9. The van der Waals surface area contributed by atoms with Crippen LogP contribution < -0.4 is 0 Å². The van der Waals surface area contributed by atoms with Gasteiger partial charge in [0.25, 0.3) is 0 Å². The maximum absolute atomic E-state index is 13.4. The number of aromatic nitrogens is 2. The molecule has 0 saturated heterocycles. The number of halogens is 1. The Bertz CT molecular complexity index is 816. The third-order valence-corrected chi connectivity index (χ3v) is 3.52. The van der Waals surface area contributed by atoms with Crippen molar-refractivity contribution in [3.8, 4) is 17.2 Å². The van der Waals surface area contributed by atoms with Gasteiger partial charge < -0.3 is 0 Å². The van der Waals surface area contributed by atoms with Gasteiger partial charge in [0.05, 0.1) is 17.8 Å². The van der Waals surface area contributed by atoms with Crippen LogP contribution in [-0.2, 0) is 13.0 Å². The fourth-order valence-corrected chi connectivity index (χ4v) is 2.37. The van der Waals surface area contributed by atoms with Gasteiger partial charge in [-0.2, -0.15) is 10.4 Å². The molecule has 0 unspecified atom stereocenters. The molecule has 0 bridgehead atoms. The Labute approximate surface area is 128 Å². The van der Waals surface area contributed by atoms with Crippen molar-refractivity contribution in [1.29, 1.82) is 5.26 Å². The molecule has 0 spiro atoms. The zero-order chi connectivity index (χ0) is 15.4. The van der Waals surface area contributed by atoms with Crippen LogP contribution >= 0.6 is 0 Å². The van der Waals surface area contributed by atoms with Crippen LogP contribution in [0.5, 0.6) is 0 Å². The van der Waals surface area contributed by atoms with E-state index in [1.54, 1.807) is 6.20 Å². The molecule has 0 amide bonds. The Morgan fingerprint density at radius 3 is 2.73 bits per heavy atom. The summed E-state index contributed by atoms with van der Waals surface area (Å²) in [7, 11) is 0. The van der Waals surface area contributed by atoms with E-state index < -0.39 is 0 Å². The van der Waals surface area contributed by atoms with Crippen LogP contribution in [0, 0.1) is 17.1 Å². The average Bonchev–Trinajstić information content (AvgIpc) is 3.03. The molecule has 1 heterocycles. The first-order valence-electron chi connectivity index (χ1n) is 7.02. The molecule has 0 saturated carbocycles. The smallest absolute Gasteiger partial charge is 0.123 e. The summed E-state index contributed by atoms with van der Waals surface area (Å²) in [6, 6.07) is 16.4. The summed E-state index contributed by atoms with van der Waals surface area (Å²) in [5, 5.41) is 13.4. The summed E-state index contributed by atoms with van der Waals surface area (Å²) in [6.45, 7) is 0.737. The molecule has 4 heteroatoms. The van der Waals surface area contributed by atoms with Crippen molar-refractivity contribution in [2.45, 2.75) is 13.0 Å². The Morgan fingerprint density at radius 1 is 1.14 bits per heavy atom. The second-order valence-corrected chi connectivity index (χ2v) is 5.03. The average molecular weight is 291 g/mol. The monoisotopic (exact) mass is 291 g/mol. The number of rotatable bonds is 4. The van der Waals surface area contributed by atoms with Crippen LogP contribution in [0.1, 0.15) is 11.1 Å². The SMILES string of the molecule is N#Cc1ccc(F)cc1-c1cnn(CCc2ccccc2)c1. The Balaban J connectivity index is 1.80. The van der Waals surface area contributed by atoms with Crippen LogP contribution in [0.2, 0.25) is 0 Å². The first kappa shape index (κ1) is 14.0. The van der Waals surface area contributed by atoms with Gasteiger partial charge in [0.1, 0.15) is 5.82 Å². The molecule has 0 fully saturated rings. The molecule has 3 aromatic rings. The molecule has 0 aliphatic carbocycles. The highest BCUT2D eigenvalue weighted by Crippen LogP contribution is 2.24. The van der Waals surface area contributed by atoms with Gasteiger partial charge in [-0.05, 0) is 30.2 Å². The van der Waals surface area contributed by atoms with Gasteiger partial charge >= 0.3 is 0 Å². The number of nitriles is 1. The summed E-state index contributed by atoms with van der Waals surface area (Å²) in [5.74, 6) is -0.356. The third kappa shape index (κ3) is 3.04. The lowest BCUT2D eigenvalue weighted by Crippen LogP contribution is -2.01. The van der Waals surface area contributed by atoms with Gasteiger partial charge in [0.15, 0.2) is 0 Å². The van der Waals surface area contributed by atoms with E-state index in [1.165, 1.54) is 23.8 Å². The number of hydrogen-bond acceptors (Lipinski definition) is 2. The van der Waals surface area contributed by atoms with Crippen molar-refractivity contribution in [2.75, 3.05) is 0 Å². The van der Waals surface area contributed by atoms with E-state index in [9.17, 15) is 4.39 Å². The summed E-state index contributed by atoms with van der Waals surface area (Å²) < 4.78 is 15.2. The molecule has 0 N–H and O–H groups in total.